The van der Waals surface area contributed by atoms with Crippen LogP contribution in [0.5, 0.6) is 0 Å². The summed E-state index contributed by atoms with van der Waals surface area (Å²) in [4.78, 5) is 16.1. The molecule has 4 nitrogen and oxygen atoms in total. The highest BCUT2D eigenvalue weighted by Crippen LogP contribution is 2.29. The minimum Gasteiger partial charge on any atom is -0.355 e. The Kier molecular flexibility index (Phi) is 5.12. The zero-order valence-electron chi connectivity index (χ0n) is 12.5. The van der Waals surface area contributed by atoms with Gasteiger partial charge in [-0.1, -0.05) is 19.9 Å². The molecule has 1 saturated heterocycles. The maximum atomic E-state index is 11.9. The number of hydrogen-bond donors (Lipinski definition) is 2. The molecule has 2 N–H and O–H groups in total. The smallest absolute Gasteiger partial charge is 0.220 e. The van der Waals surface area contributed by atoms with Gasteiger partial charge in [0.25, 0.3) is 0 Å². The molecule has 1 aliphatic rings. The zero-order valence-corrected chi connectivity index (χ0v) is 12.5. The quantitative estimate of drug-likeness (QED) is 0.863. The molecule has 1 amide bonds. The third kappa shape index (κ3) is 4.30. The summed E-state index contributed by atoms with van der Waals surface area (Å²) in [5.41, 5.74) is 1.23. The lowest BCUT2D eigenvalue weighted by atomic mass is 9.77. The molecule has 110 valence electrons. The molecule has 4 heteroatoms. The van der Waals surface area contributed by atoms with Crippen molar-refractivity contribution in [1.82, 2.24) is 15.6 Å². The van der Waals surface area contributed by atoms with Crippen LogP contribution in [0.25, 0.3) is 0 Å². The van der Waals surface area contributed by atoms with E-state index in [-0.39, 0.29) is 11.3 Å². The van der Waals surface area contributed by atoms with Gasteiger partial charge < -0.3 is 10.6 Å². The van der Waals surface area contributed by atoms with Crippen molar-refractivity contribution in [3.8, 4) is 0 Å². The number of nitrogens with one attached hydrogen (secondary N) is 2. The van der Waals surface area contributed by atoms with E-state index >= 15 is 0 Å². The number of carbonyl (C=O) groups is 1. The molecule has 1 aliphatic heterocycles. The summed E-state index contributed by atoms with van der Waals surface area (Å²) in [6.45, 7) is 6.31. The van der Waals surface area contributed by atoms with Gasteiger partial charge in [-0.25, -0.2) is 0 Å². The zero-order chi connectivity index (χ0) is 14.4. The Balaban J connectivity index is 1.72. The van der Waals surface area contributed by atoms with Crippen LogP contribution in [0.1, 0.15) is 38.8 Å². The number of pyridine rings is 1. The number of piperidine rings is 1. The lowest BCUT2D eigenvalue weighted by Gasteiger charge is -2.39. The topological polar surface area (TPSA) is 54.0 Å². The van der Waals surface area contributed by atoms with E-state index in [4.69, 9.17) is 0 Å². The van der Waals surface area contributed by atoms with Crippen LogP contribution in [0.4, 0.5) is 0 Å². The van der Waals surface area contributed by atoms with Crippen LogP contribution in [-0.4, -0.2) is 30.0 Å². The molecule has 2 rings (SSSR count). The molecular formula is C16H25N3O. The number of aryl methyl sites for hydroxylation is 1. The Hall–Kier alpha value is -1.42. The molecule has 1 aromatic rings. The van der Waals surface area contributed by atoms with Gasteiger partial charge in [0.05, 0.1) is 0 Å². The van der Waals surface area contributed by atoms with Gasteiger partial charge in [-0.15, -0.1) is 0 Å². The summed E-state index contributed by atoms with van der Waals surface area (Å²) < 4.78 is 0. The van der Waals surface area contributed by atoms with Crippen LogP contribution < -0.4 is 10.6 Å². The molecular weight excluding hydrogens is 250 g/mol. The third-order valence-electron chi connectivity index (χ3n) is 4.17. The molecule has 0 bridgehead atoms. The lowest BCUT2D eigenvalue weighted by molar-refractivity contribution is -0.121. The summed E-state index contributed by atoms with van der Waals surface area (Å²) in [5.74, 6) is 0.110. The number of hydrogen-bond acceptors (Lipinski definition) is 3. The number of aromatic nitrogens is 1. The predicted molar refractivity (Wildman–Crippen MR) is 80.4 cm³/mol. The summed E-state index contributed by atoms with van der Waals surface area (Å²) in [6.07, 6.45) is 5.41. The van der Waals surface area contributed by atoms with Crippen LogP contribution in [0.15, 0.2) is 24.4 Å². The maximum absolute atomic E-state index is 11.9. The number of nitrogens with zero attached hydrogens (tertiary/aromatic N) is 1. The fourth-order valence-corrected chi connectivity index (χ4v) is 2.71. The average Bonchev–Trinajstić information content (AvgIpc) is 2.44. The predicted octanol–water partition coefficient (Wildman–Crippen LogP) is 1.91. The summed E-state index contributed by atoms with van der Waals surface area (Å²) in [5, 5.41) is 6.56. The molecule has 1 fully saturated rings. The average molecular weight is 275 g/mol. The van der Waals surface area contributed by atoms with Crippen molar-refractivity contribution in [3.63, 3.8) is 0 Å². The summed E-state index contributed by atoms with van der Waals surface area (Å²) in [6, 6.07) is 6.17. The van der Waals surface area contributed by atoms with Gasteiger partial charge in [0.2, 0.25) is 5.91 Å². The fourth-order valence-electron chi connectivity index (χ4n) is 2.71. The Morgan fingerprint density at radius 1 is 1.50 bits per heavy atom. The first-order valence-electron chi connectivity index (χ1n) is 7.48. The van der Waals surface area contributed by atoms with Gasteiger partial charge in [-0.05, 0) is 43.4 Å². The third-order valence-corrected chi connectivity index (χ3v) is 4.17. The Morgan fingerprint density at radius 2 is 2.35 bits per heavy atom. The second-order valence-corrected chi connectivity index (χ2v) is 6.22. The molecule has 0 radical (unpaired) electrons. The van der Waals surface area contributed by atoms with Crippen LogP contribution >= 0.6 is 0 Å². The highest BCUT2D eigenvalue weighted by atomic mass is 16.1. The van der Waals surface area contributed by atoms with Gasteiger partial charge in [0.15, 0.2) is 0 Å². The van der Waals surface area contributed by atoms with Gasteiger partial charge in [-0.2, -0.15) is 0 Å². The molecule has 1 atom stereocenters. The second-order valence-electron chi connectivity index (χ2n) is 6.22. The normalized spacial score (nSPS) is 21.4. The first kappa shape index (κ1) is 15.0. The van der Waals surface area contributed by atoms with Crippen LogP contribution in [0, 0.1) is 5.41 Å². The molecule has 0 spiro atoms. The van der Waals surface area contributed by atoms with Crippen molar-refractivity contribution in [2.45, 2.75) is 45.6 Å². The lowest BCUT2D eigenvalue weighted by Crippen LogP contribution is -2.52. The first-order chi connectivity index (χ1) is 9.58. The molecule has 0 saturated carbocycles. The van der Waals surface area contributed by atoms with E-state index in [1.165, 1.54) is 12.8 Å². The van der Waals surface area contributed by atoms with Gasteiger partial charge in [0, 0.05) is 30.9 Å². The van der Waals surface area contributed by atoms with E-state index in [0.717, 1.165) is 12.2 Å². The minimum absolute atomic E-state index is 0.110. The van der Waals surface area contributed by atoms with Gasteiger partial charge in [0.1, 0.15) is 0 Å². The van der Waals surface area contributed by atoms with Crippen molar-refractivity contribution >= 4 is 5.91 Å². The van der Waals surface area contributed by atoms with Crippen LogP contribution in [0.2, 0.25) is 0 Å². The molecule has 0 aliphatic carbocycles. The van der Waals surface area contributed by atoms with Crippen molar-refractivity contribution in [2.75, 3.05) is 13.1 Å². The van der Waals surface area contributed by atoms with Crippen molar-refractivity contribution in [3.05, 3.63) is 30.1 Å². The standard InChI is InChI=1S/C16H25N3O/c1-16(2)9-5-11-18-14(16)12-19-15(20)8-7-13-6-3-4-10-17-13/h3-4,6,10,14,18H,5,7-9,11-12H2,1-2H3,(H,19,20). The number of carbonyl (C=O) groups excluding carboxylic acids is 1. The van der Waals surface area contributed by atoms with Crippen molar-refractivity contribution in [1.29, 1.82) is 0 Å². The Morgan fingerprint density at radius 3 is 3.05 bits per heavy atom. The first-order valence-corrected chi connectivity index (χ1v) is 7.48. The Bertz CT molecular complexity index is 431. The molecule has 1 unspecified atom stereocenters. The van der Waals surface area contributed by atoms with Gasteiger partial charge >= 0.3 is 0 Å². The highest BCUT2D eigenvalue weighted by Gasteiger charge is 2.31. The van der Waals surface area contributed by atoms with E-state index in [0.29, 0.717) is 25.4 Å². The minimum atomic E-state index is 0.110. The monoisotopic (exact) mass is 275 g/mol. The molecule has 1 aromatic heterocycles. The van der Waals surface area contributed by atoms with Crippen LogP contribution in [-0.2, 0) is 11.2 Å². The van der Waals surface area contributed by atoms with E-state index in [2.05, 4.69) is 29.5 Å². The molecule has 0 aromatic carbocycles. The second kappa shape index (κ2) is 6.84. The van der Waals surface area contributed by atoms with Crippen molar-refractivity contribution in [2.24, 2.45) is 5.41 Å². The number of amides is 1. The maximum Gasteiger partial charge on any atom is 0.220 e. The Labute approximate surface area is 121 Å². The van der Waals surface area contributed by atoms with E-state index in [1.807, 2.05) is 18.2 Å². The largest absolute Gasteiger partial charge is 0.355 e. The number of rotatable bonds is 5. The SMILES string of the molecule is CC1(C)CCCNC1CNC(=O)CCc1ccccn1. The molecule has 2 heterocycles. The van der Waals surface area contributed by atoms with Crippen LogP contribution in [0.3, 0.4) is 0 Å². The summed E-state index contributed by atoms with van der Waals surface area (Å²) >= 11 is 0. The van der Waals surface area contributed by atoms with Gasteiger partial charge in [-0.3, -0.25) is 9.78 Å². The van der Waals surface area contributed by atoms with E-state index in [1.54, 1.807) is 6.20 Å². The van der Waals surface area contributed by atoms with E-state index < -0.39 is 0 Å². The van der Waals surface area contributed by atoms with E-state index in [9.17, 15) is 4.79 Å². The van der Waals surface area contributed by atoms with Crippen molar-refractivity contribution < 1.29 is 4.79 Å². The fraction of sp³-hybridized carbons (Fsp3) is 0.625. The molecule has 20 heavy (non-hydrogen) atoms. The summed E-state index contributed by atoms with van der Waals surface area (Å²) in [7, 11) is 0. The highest BCUT2D eigenvalue weighted by molar-refractivity contribution is 5.76.